The number of anilines is 2. The molecule has 4 aromatic rings. The molecule has 2 aromatic heterocycles. The highest BCUT2D eigenvalue weighted by molar-refractivity contribution is 7.98. The predicted molar refractivity (Wildman–Crippen MR) is 117 cm³/mol. The van der Waals surface area contributed by atoms with E-state index in [-0.39, 0.29) is 30.0 Å². The van der Waals surface area contributed by atoms with Crippen molar-refractivity contribution < 1.29 is 13.7 Å². The number of thioether (sulfide) groups is 1. The largest absolute Gasteiger partial charge is 0.383 e. The number of hydrogen-bond acceptors (Lipinski definition) is 7. The van der Waals surface area contributed by atoms with Crippen molar-refractivity contribution in [2.75, 3.05) is 17.3 Å². The molecule has 0 saturated heterocycles. The van der Waals surface area contributed by atoms with Gasteiger partial charge in [-0.3, -0.25) is 4.79 Å². The quantitative estimate of drug-likeness (QED) is 0.438. The Balaban J connectivity index is 1.58. The highest BCUT2D eigenvalue weighted by Gasteiger charge is 2.23. The molecule has 10 heteroatoms. The lowest BCUT2D eigenvalue weighted by Crippen LogP contribution is -2.20. The third-order valence-electron chi connectivity index (χ3n) is 4.52. The summed E-state index contributed by atoms with van der Waals surface area (Å²) in [6.45, 7) is 1.87. The number of halogens is 1. The van der Waals surface area contributed by atoms with Gasteiger partial charge in [0.2, 0.25) is 11.7 Å². The average molecular weight is 438 g/mol. The molecular weight excluding hydrogens is 419 g/mol. The summed E-state index contributed by atoms with van der Waals surface area (Å²) in [5, 5.41) is 11.7. The molecule has 0 saturated carbocycles. The molecule has 2 aromatic carbocycles. The molecule has 158 valence electrons. The Hall–Kier alpha value is -3.66. The minimum atomic E-state index is -0.381. The summed E-state index contributed by atoms with van der Waals surface area (Å²) in [5.74, 6) is 0.155. The fourth-order valence-corrected chi connectivity index (χ4v) is 3.51. The van der Waals surface area contributed by atoms with E-state index in [1.807, 2.05) is 37.4 Å². The zero-order chi connectivity index (χ0) is 22.0. The lowest BCUT2D eigenvalue weighted by molar-refractivity contribution is -0.116. The van der Waals surface area contributed by atoms with Crippen LogP contribution in [0.25, 0.3) is 22.8 Å². The molecule has 0 aliphatic carbocycles. The van der Waals surface area contributed by atoms with Gasteiger partial charge in [-0.1, -0.05) is 35.0 Å². The maximum atomic E-state index is 13.0. The van der Waals surface area contributed by atoms with Crippen molar-refractivity contribution in [3.05, 3.63) is 59.9 Å². The first kappa shape index (κ1) is 20.6. The lowest BCUT2D eigenvalue weighted by Gasteiger charge is -2.06. The van der Waals surface area contributed by atoms with Crippen LogP contribution in [0.3, 0.4) is 0 Å². The van der Waals surface area contributed by atoms with Crippen molar-refractivity contribution in [3.63, 3.8) is 0 Å². The molecule has 3 N–H and O–H groups in total. The fraction of sp³-hybridized carbons (Fsp3) is 0.143. The maximum Gasteiger partial charge on any atom is 0.264 e. The summed E-state index contributed by atoms with van der Waals surface area (Å²) in [4.78, 5) is 16.9. The Morgan fingerprint density at radius 3 is 2.58 bits per heavy atom. The van der Waals surface area contributed by atoms with E-state index in [4.69, 9.17) is 10.3 Å². The van der Waals surface area contributed by atoms with Gasteiger partial charge in [-0.25, -0.2) is 9.07 Å². The van der Waals surface area contributed by atoms with Crippen LogP contribution >= 0.6 is 11.8 Å². The molecule has 2 heterocycles. The van der Waals surface area contributed by atoms with Crippen molar-refractivity contribution in [1.29, 1.82) is 0 Å². The third kappa shape index (κ3) is 4.43. The zero-order valence-corrected chi connectivity index (χ0v) is 17.6. The Morgan fingerprint density at radius 1 is 1.19 bits per heavy atom. The van der Waals surface area contributed by atoms with Crippen molar-refractivity contribution in [3.8, 4) is 22.8 Å². The molecule has 0 atom stereocenters. The first-order valence-electron chi connectivity index (χ1n) is 9.31. The van der Waals surface area contributed by atoms with Crippen LogP contribution in [0.4, 0.5) is 15.9 Å². The van der Waals surface area contributed by atoms with Gasteiger partial charge in [-0.2, -0.15) is 10.1 Å². The first-order valence-corrected chi connectivity index (χ1v) is 10.5. The summed E-state index contributed by atoms with van der Waals surface area (Å²) in [7, 11) is 0. The molecule has 8 nitrogen and oxygen atoms in total. The normalized spacial score (nSPS) is 10.9. The fourth-order valence-electron chi connectivity index (χ4n) is 2.93. The van der Waals surface area contributed by atoms with Gasteiger partial charge in [0.05, 0.1) is 0 Å². The van der Waals surface area contributed by atoms with Crippen LogP contribution in [0.1, 0.15) is 5.56 Å². The lowest BCUT2D eigenvalue weighted by atomic mass is 10.1. The molecule has 0 aliphatic heterocycles. The molecule has 31 heavy (non-hydrogen) atoms. The van der Waals surface area contributed by atoms with E-state index in [0.29, 0.717) is 22.1 Å². The van der Waals surface area contributed by atoms with Crippen LogP contribution < -0.4 is 11.1 Å². The number of nitrogen functional groups attached to an aromatic ring is 1. The van der Waals surface area contributed by atoms with Gasteiger partial charge in [0.15, 0.2) is 0 Å². The number of nitrogens with one attached hydrogen (secondary N) is 1. The zero-order valence-electron chi connectivity index (χ0n) is 16.8. The standard InChI is InChI=1S/C21H19FN6O2S/c1-12-3-5-13(6-4-12)19-25-20(30-27-19)17-18(23)28(26-21(17)31-2)11-16(29)24-15-9-7-14(22)8-10-15/h3-10H,11,23H2,1-2H3,(H,24,29). The summed E-state index contributed by atoms with van der Waals surface area (Å²) >= 11 is 1.35. The Morgan fingerprint density at radius 2 is 1.90 bits per heavy atom. The number of nitrogens with two attached hydrogens (primary N) is 1. The molecule has 0 unspecified atom stereocenters. The average Bonchev–Trinajstić information content (AvgIpc) is 3.35. The summed E-state index contributed by atoms with van der Waals surface area (Å²) in [5.41, 5.74) is 9.17. The number of carbonyl (C=O) groups excluding carboxylic acids is 1. The van der Waals surface area contributed by atoms with Gasteiger partial charge in [0.1, 0.15) is 28.8 Å². The number of amides is 1. The minimum absolute atomic E-state index is 0.129. The van der Waals surface area contributed by atoms with Crippen LogP contribution in [-0.2, 0) is 11.3 Å². The van der Waals surface area contributed by atoms with Gasteiger partial charge in [0.25, 0.3) is 5.89 Å². The summed E-state index contributed by atoms with van der Waals surface area (Å²) < 4.78 is 19.8. The third-order valence-corrected chi connectivity index (χ3v) is 5.20. The molecule has 4 rings (SSSR count). The number of carbonyl (C=O) groups is 1. The van der Waals surface area contributed by atoms with Gasteiger partial charge in [-0.05, 0) is 37.4 Å². The Bertz CT molecular complexity index is 1220. The van der Waals surface area contributed by atoms with E-state index < -0.39 is 0 Å². The van der Waals surface area contributed by atoms with Crippen LogP contribution in [0.2, 0.25) is 0 Å². The second-order valence-electron chi connectivity index (χ2n) is 6.77. The molecule has 0 spiro atoms. The first-order chi connectivity index (χ1) is 14.9. The Labute approximate surface area is 181 Å². The SMILES string of the molecule is CSc1nn(CC(=O)Nc2ccc(F)cc2)c(N)c1-c1nc(-c2ccc(C)cc2)no1. The van der Waals surface area contributed by atoms with Crippen molar-refractivity contribution in [2.45, 2.75) is 18.5 Å². The molecule has 1 amide bonds. The van der Waals surface area contributed by atoms with E-state index in [1.54, 1.807) is 0 Å². The van der Waals surface area contributed by atoms with Crippen molar-refractivity contribution in [2.24, 2.45) is 0 Å². The van der Waals surface area contributed by atoms with Crippen LogP contribution in [-0.4, -0.2) is 32.1 Å². The molecule has 0 bridgehead atoms. The maximum absolute atomic E-state index is 13.0. The van der Waals surface area contributed by atoms with Gasteiger partial charge in [0, 0.05) is 11.3 Å². The topological polar surface area (TPSA) is 112 Å². The van der Waals surface area contributed by atoms with Crippen molar-refractivity contribution in [1.82, 2.24) is 19.9 Å². The Kier molecular flexibility index (Phi) is 5.72. The number of aromatic nitrogens is 4. The number of benzene rings is 2. The highest BCUT2D eigenvalue weighted by atomic mass is 32.2. The number of aryl methyl sites for hydroxylation is 1. The van der Waals surface area contributed by atoms with Crippen LogP contribution in [0, 0.1) is 12.7 Å². The van der Waals surface area contributed by atoms with E-state index in [1.165, 1.54) is 40.7 Å². The molecule has 0 aliphatic rings. The van der Waals surface area contributed by atoms with Crippen molar-refractivity contribution >= 4 is 29.2 Å². The molecule has 0 fully saturated rings. The molecule has 0 radical (unpaired) electrons. The second-order valence-corrected chi connectivity index (χ2v) is 7.57. The van der Waals surface area contributed by atoms with Crippen LogP contribution in [0.15, 0.2) is 58.1 Å². The smallest absolute Gasteiger partial charge is 0.264 e. The molecular formula is C21H19FN6O2S. The number of hydrogen-bond donors (Lipinski definition) is 2. The van der Waals surface area contributed by atoms with E-state index >= 15 is 0 Å². The summed E-state index contributed by atoms with van der Waals surface area (Å²) in [6.07, 6.45) is 1.84. The second kappa shape index (κ2) is 8.60. The highest BCUT2D eigenvalue weighted by Crippen LogP contribution is 2.34. The van der Waals surface area contributed by atoms with E-state index in [2.05, 4.69) is 20.6 Å². The van der Waals surface area contributed by atoms with Crippen LogP contribution in [0.5, 0.6) is 0 Å². The van der Waals surface area contributed by atoms with E-state index in [9.17, 15) is 9.18 Å². The summed E-state index contributed by atoms with van der Waals surface area (Å²) in [6, 6.07) is 13.2. The van der Waals surface area contributed by atoms with Gasteiger partial charge < -0.3 is 15.6 Å². The monoisotopic (exact) mass is 438 g/mol. The minimum Gasteiger partial charge on any atom is -0.383 e. The van der Waals surface area contributed by atoms with Gasteiger partial charge >= 0.3 is 0 Å². The number of rotatable bonds is 6. The number of nitrogens with zero attached hydrogens (tertiary/aromatic N) is 4. The predicted octanol–water partition coefficient (Wildman–Crippen LogP) is 3.99. The van der Waals surface area contributed by atoms with Gasteiger partial charge in [-0.15, -0.1) is 11.8 Å². The van der Waals surface area contributed by atoms with E-state index in [0.717, 1.165) is 11.1 Å².